The van der Waals surface area contributed by atoms with Crippen LogP contribution < -0.4 is 0 Å². The van der Waals surface area contributed by atoms with Crippen molar-refractivity contribution in [3.63, 3.8) is 0 Å². The molecule has 1 aromatic carbocycles. The van der Waals surface area contributed by atoms with E-state index in [1.807, 2.05) is 0 Å². The second-order valence-corrected chi connectivity index (χ2v) is 5.20. The van der Waals surface area contributed by atoms with Crippen LogP contribution in [0.2, 0.25) is 0 Å². The number of rotatable bonds is 2. The molecule has 0 N–H and O–H groups in total. The predicted octanol–water partition coefficient (Wildman–Crippen LogP) is 3.24. The van der Waals surface area contributed by atoms with Crippen molar-refractivity contribution in [1.82, 2.24) is 0 Å². The average molecular weight is 293 g/mol. The van der Waals surface area contributed by atoms with E-state index in [9.17, 15) is 30.4 Å². The van der Waals surface area contributed by atoms with E-state index >= 15 is 0 Å². The fourth-order valence-electron chi connectivity index (χ4n) is 0.908. The van der Waals surface area contributed by atoms with Gasteiger partial charge in [-0.15, -0.1) is 0 Å². The maximum atomic E-state index is 13.1. The van der Waals surface area contributed by atoms with Gasteiger partial charge in [0.15, 0.2) is 23.3 Å². The Balaban J connectivity index is 3.52. The zero-order valence-corrected chi connectivity index (χ0v) is 9.22. The van der Waals surface area contributed by atoms with Gasteiger partial charge in [-0.3, -0.25) is 0 Å². The van der Waals surface area contributed by atoms with E-state index in [1.54, 1.807) is 0 Å². The molecule has 0 heterocycles. The third kappa shape index (κ3) is 2.75. The first kappa shape index (κ1) is 13.9. The van der Waals surface area contributed by atoms with Crippen LogP contribution >= 0.6 is 10.7 Å². The maximum absolute atomic E-state index is 13.1. The molecule has 0 saturated carbocycles. The molecule has 0 spiro atoms. The minimum atomic E-state index is -5.06. The minimum Gasteiger partial charge on any atom is -0.204 e. The van der Waals surface area contributed by atoms with Crippen molar-refractivity contribution in [1.29, 1.82) is 0 Å². The molecule has 0 aliphatic rings. The van der Waals surface area contributed by atoms with Crippen LogP contribution in [-0.4, -0.2) is 8.42 Å². The fraction of sp³-hybridized carbons (Fsp3) is 0. The van der Waals surface area contributed by atoms with Gasteiger partial charge in [0.1, 0.15) is 0 Å². The molecule has 1 rings (SSSR count). The highest BCUT2D eigenvalue weighted by Gasteiger charge is 2.25. The van der Waals surface area contributed by atoms with Crippen LogP contribution in [-0.2, 0) is 9.05 Å². The summed E-state index contributed by atoms with van der Waals surface area (Å²) in [5.41, 5.74) is -1.38. The van der Waals surface area contributed by atoms with Crippen molar-refractivity contribution in [3.8, 4) is 0 Å². The molecule has 0 unspecified atom stereocenters. The van der Waals surface area contributed by atoms with Gasteiger partial charge in [-0.1, -0.05) is 0 Å². The highest BCUT2D eigenvalue weighted by Crippen LogP contribution is 2.30. The van der Waals surface area contributed by atoms with Crippen LogP contribution in [0, 0.1) is 17.5 Å². The van der Waals surface area contributed by atoms with Gasteiger partial charge in [-0.25, -0.2) is 26.0 Å². The van der Waals surface area contributed by atoms with Gasteiger partial charge in [0.25, 0.3) is 14.2 Å². The lowest BCUT2D eigenvalue weighted by atomic mass is 10.2. The van der Waals surface area contributed by atoms with E-state index in [0.29, 0.717) is 12.1 Å². The molecular formula is C8H2ClF5O2S. The van der Waals surface area contributed by atoms with Crippen LogP contribution in [0.25, 0.3) is 5.83 Å². The summed E-state index contributed by atoms with van der Waals surface area (Å²) < 4.78 is 84.8. The van der Waals surface area contributed by atoms with Crippen molar-refractivity contribution in [2.75, 3.05) is 0 Å². The normalized spacial score (nSPS) is 13.5. The van der Waals surface area contributed by atoms with E-state index < -0.39 is 43.1 Å². The lowest BCUT2D eigenvalue weighted by Crippen LogP contribution is -1.99. The SMILES string of the molecule is O=S(=O)(Cl)C(F)=C(F)c1ccc(F)c(F)c1F. The van der Waals surface area contributed by atoms with E-state index in [1.165, 1.54) is 0 Å². The Kier molecular flexibility index (Phi) is 3.78. The number of halogens is 6. The maximum Gasteiger partial charge on any atom is 0.291 e. The molecule has 0 saturated heterocycles. The molecule has 94 valence electrons. The average Bonchev–Trinajstić information content (AvgIpc) is 2.23. The molecule has 9 heteroatoms. The third-order valence-corrected chi connectivity index (χ3v) is 2.67. The van der Waals surface area contributed by atoms with Crippen molar-refractivity contribution >= 4 is 25.6 Å². The lowest BCUT2D eigenvalue weighted by molar-refractivity contribution is 0.443. The molecule has 0 aliphatic heterocycles. The molecule has 0 atom stereocenters. The summed E-state index contributed by atoms with van der Waals surface area (Å²) in [5, 5.41) is -2.48. The smallest absolute Gasteiger partial charge is 0.204 e. The van der Waals surface area contributed by atoms with Gasteiger partial charge in [-0.2, -0.15) is 4.39 Å². The second kappa shape index (κ2) is 4.61. The molecule has 0 bridgehead atoms. The van der Waals surface area contributed by atoms with Gasteiger partial charge in [0.2, 0.25) is 0 Å². The Morgan fingerprint density at radius 1 is 1.06 bits per heavy atom. The lowest BCUT2D eigenvalue weighted by Gasteiger charge is -2.02. The number of hydrogen-bond acceptors (Lipinski definition) is 2. The summed E-state index contributed by atoms with van der Waals surface area (Å²) in [6.07, 6.45) is 0. The Hall–Kier alpha value is -1.15. The van der Waals surface area contributed by atoms with Gasteiger partial charge in [0, 0.05) is 10.7 Å². The zero-order valence-electron chi connectivity index (χ0n) is 7.65. The number of hydrogen-bond donors (Lipinski definition) is 0. The first-order chi connectivity index (χ1) is 7.66. The Labute approximate surface area is 96.7 Å². The summed E-state index contributed by atoms with van der Waals surface area (Å²) >= 11 is 0. The quantitative estimate of drug-likeness (QED) is 0.476. The Morgan fingerprint density at radius 3 is 2.06 bits per heavy atom. The standard InChI is InChI=1S/C8H2ClF5O2S/c9-17(15,16)8(14)6(12)3-1-2-4(10)7(13)5(3)11/h1-2H. The van der Waals surface area contributed by atoms with Crippen molar-refractivity contribution < 1.29 is 30.4 Å². The predicted molar refractivity (Wildman–Crippen MR) is 50.2 cm³/mol. The summed E-state index contributed by atoms with van der Waals surface area (Å²) in [6, 6.07) is 0.645. The summed E-state index contributed by atoms with van der Waals surface area (Å²) in [6.45, 7) is 0. The van der Waals surface area contributed by atoms with Gasteiger partial charge in [-0.05, 0) is 12.1 Å². The van der Waals surface area contributed by atoms with Crippen LogP contribution in [0.15, 0.2) is 17.3 Å². The zero-order chi connectivity index (χ0) is 13.4. The first-order valence-corrected chi connectivity index (χ1v) is 6.11. The fourth-order valence-corrected chi connectivity index (χ4v) is 1.44. The molecule has 17 heavy (non-hydrogen) atoms. The van der Waals surface area contributed by atoms with Gasteiger partial charge < -0.3 is 0 Å². The number of benzene rings is 1. The molecule has 0 amide bonds. The second-order valence-electron chi connectivity index (χ2n) is 2.75. The molecule has 1 aromatic rings. The minimum absolute atomic E-state index is 0.307. The molecule has 0 radical (unpaired) electrons. The van der Waals surface area contributed by atoms with Crippen LogP contribution in [0.5, 0.6) is 0 Å². The summed E-state index contributed by atoms with van der Waals surface area (Å²) in [5.74, 6) is -7.99. The van der Waals surface area contributed by atoms with Gasteiger partial charge in [0.05, 0.1) is 5.56 Å². The molecule has 0 fully saturated rings. The van der Waals surface area contributed by atoms with E-state index in [2.05, 4.69) is 10.7 Å². The van der Waals surface area contributed by atoms with Crippen molar-refractivity contribution in [2.45, 2.75) is 0 Å². The molecular weight excluding hydrogens is 291 g/mol. The van der Waals surface area contributed by atoms with Crippen LogP contribution in [0.3, 0.4) is 0 Å². The molecule has 2 nitrogen and oxygen atoms in total. The van der Waals surface area contributed by atoms with Crippen molar-refractivity contribution in [2.24, 2.45) is 0 Å². The van der Waals surface area contributed by atoms with Crippen LogP contribution in [0.4, 0.5) is 22.0 Å². The topological polar surface area (TPSA) is 34.1 Å². The van der Waals surface area contributed by atoms with E-state index in [4.69, 9.17) is 0 Å². The first-order valence-electron chi connectivity index (χ1n) is 3.80. The summed E-state index contributed by atoms with van der Waals surface area (Å²) in [4.78, 5) is 0. The van der Waals surface area contributed by atoms with Crippen LogP contribution in [0.1, 0.15) is 5.56 Å². The van der Waals surface area contributed by atoms with E-state index in [0.717, 1.165) is 0 Å². The monoisotopic (exact) mass is 292 g/mol. The van der Waals surface area contributed by atoms with Gasteiger partial charge >= 0.3 is 0 Å². The van der Waals surface area contributed by atoms with Crippen molar-refractivity contribution in [3.05, 3.63) is 40.3 Å². The highest BCUT2D eigenvalue weighted by molar-refractivity contribution is 8.16. The molecule has 0 aliphatic carbocycles. The van der Waals surface area contributed by atoms with E-state index in [-0.39, 0.29) is 0 Å². The highest BCUT2D eigenvalue weighted by atomic mass is 35.7. The molecule has 0 aromatic heterocycles. The Morgan fingerprint density at radius 2 is 1.59 bits per heavy atom. The Bertz CT molecular complexity index is 596. The summed E-state index contributed by atoms with van der Waals surface area (Å²) in [7, 11) is -0.602. The largest absolute Gasteiger partial charge is 0.291 e. The third-order valence-electron chi connectivity index (χ3n) is 1.66.